The lowest BCUT2D eigenvalue weighted by Gasteiger charge is -2.26. The van der Waals surface area contributed by atoms with Gasteiger partial charge in [0.1, 0.15) is 0 Å². The van der Waals surface area contributed by atoms with Crippen LogP contribution in [0, 0.1) is 11.8 Å². The van der Waals surface area contributed by atoms with Crippen LogP contribution in [0.2, 0.25) is 0 Å². The molecule has 1 aliphatic rings. The third-order valence-corrected chi connectivity index (χ3v) is 2.81. The lowest BCUT2D eigenvalue weighted by molar-refractivity contribution is 0.300. The Morgan fingerprint density at radius 1 is 1.57 bits per heavy atom. The van der Waals surface area contributed by atoms with Gasteiger partial charge in [-0.3, -0.25) is 4.68 Å². The molecule has 14 heavy (non-hydrogen) atoms. The van der Waals surface area contributed by atoms with Crippen molar-refractivity contribution in [1.82, 2.24) is 20.3 Å². The molecule has 2 rings (SSSR count). The average Bonchev–Trinajstić information content (AvgIpc) is 2.51. The van der Waals surface area contributed by atoms with Gasteiger partial charge in [-0.2, -0.15) is 0 Å². The van der Waals surface area contributed by atoms with Gasteiger partial charge in [0.2, 0.25) is 0 Å². The predicted molar refractivity (Wildman–Crippen MR) is 54.8 cm³/mol. The first-order valence-electron chi connectivity index (χ1n) is 5.30. The number of hydrogen-bond donors (Lipinski definition) is 1. The molecule has 2 unspecified atom stereocenters. The average molecular weight is 194 g/mol. The monoisotopic (exact) mass is 194 g/mol. The largest absolute Gasteiger partial charge is 0.316 e. The molecule has 1 fully saturated rings. The van der Waals surface area contributed by atoms with Gasteiger partial charge in [-0.15, -0.1) is 5.10 Å². The van der Waals surface area contributed by atoms with E-state index < -0.39 is 0 Å². The van der Waals surface area contributed by atoms with E-state index >= 15 is 0 Å². The van der Waals surface area contributed by atoms with E-state index in [1.165, 1.54) is 6.42 Å². The van der Waals surface area contributed by atoms with Crippen LogP contribution in [0.3, 0.4) is 0 Å². The van der Waals surface area contributed by atoms with Crippen LogP contribution in [0.4, 0.5) is 0 Å². The minimum Gasteiger partial charge on any atom is -0.316 e. The molecule has 2 heterocycles. The van der Waals surface area contributed by atoms with Crippen molar-refractivity contribution in [3.8, 4) is 0 Å². The SMILES string of the molecule is CC1CNCC(Cc2cn(C)nn2)C1. The Morgan fingerprint density at radius 2 is 2.43 bits per heavy atom. The highest BCUT2D eigenvalue weighted by Gasteiger charge is 2.19. The molecular weight excluding hydrogens is 176 g/mol. The Hall–Kier alpha value is -0.900. The van der Waals surface area contributed by atoms with Gasteiger partial charge >= 0.3 is 0 Å². The second-order valence-electron chi connectivity index (χ2n) is 4.45. The molecule has 0 aliphatic carbocycles. The van der Waals surface area contributed by atoms with Crippen LogP contribution >= 0.6 is 0 Å². The molecule has 2 atom stereocenters. The molecule has 4 nitrogen and oxygen atoms in total. The number of rotatable bonds is 2. The van der Waals surface area contributed by atoms with Gasteiger partial charge in [0.05, 0.1) is 5.69 Å². The number of piperidine rings is 1. The van der Waals surface area contributed by atoms with Gasteiger partial charge in [0, 0.05) is 13.2 Å². The molecule has 0 aromatic carbocycles. The van der Waals surface area contributed by atoms with Crippen LogP contribution in [0.25, 0.3) is 0 Å². The molecule has 1 saturated heterocycles. The first kappa shape index (κ1) is 9.65. The van der Waals surface area contributed by atoms with Crippen LogP contribution in [-0.2, 0) is 13.5 Å². The van der Waals surface area contributed by atoms with Crippen molar-refractivity contribution in [2.24, 2.45) is 18.9 Å². The fourth-order valence-corrected chi connectivity index (χ4v) is 2.21. The number of nitrogens with zero attached hydrogens (tertiary/aromatic N) is 3. The summed E-state index contributed by atoms with van der Waals surface area (Å²) in [7, 11) is 1.91. The molecule has 1 aromatic rings. The van der Waals surface area contributed by atoms with Crippen LogP contribution in [-0.4, -0.2) is 28.1 Å². The molecule has 1 aliphatic heterocycles. The molecule has 0 amide bonds. The van der Waals surface area contributed by atoms with E-state index in [-0.39, 0.29) is 0 Å². The van der Waals surface area contributed by atoms with Crippen LogP contribution < -0.4 is 5.32 Å². The fourth-order valence-electron chi connectivity index (χ4n) is 2.21. The summed E-state index contributed by atoms with van der Waals surface area (Å²) >= 11 is 0. The molecule has 0 saturated carbocycles. The van der Waals surface area contributed by atoms with E-state index in [9.17, 15) is 0 Å². The molecule has 1 aromatic heterocycles. The second kappa shape index (κ2) is 4.09. The number of hydrogen-bond acceptors (Lipinski definition) is 3. The third kappa shape index (κ3) is 2.32. The van der Waals surface area contributed by atoms with Crippen LogP contribution in [0.5, 0.6) is 0 Å². The Balaban J connectivity index is 1.90. The fraction of sp³-hybridized carbons (Fsp3) is 0.800. The molecule has 4 heteroatoms. The van der Waals surface area contributed by atoms with E-state index in [0.717, 1.165) is 37.0 Å². The smallest absolute Gasteiger partial charge is 0.0830 e. The van der Waals surface area contributed by atoms with Crippen molar-refractivity contribution in [2.45, 2.75) is 19.8 Å². The summed E-state index contributed by atoms with van der Waals surface area (Å²) in [4.78, 5) is 0. The topological polar surface area (TPSA) is 42.7 Å². The maximum absolute atomic E-state index is 4.12. The lowest BCUT2D eigenvalue weighted by Crippen LogP contribution is -2.35. The maximum atomic E-state index is 4.12. The zero-order valence-electron chi connectivity index (χ0n) is 8.90. The summed E-state index contributed by atoms with van der Waals surface area (Å²) in [5.41, 5.74) is 1.12. The lowest BCUT2D eigenvalue weighted by atomic mass is 9.89. The molecule has 0 bridgehead atoms. The summed E-state index contributed by atoms with van der Waals surface area (Å²) in [6, 6.07) is 0. The maximum Gasteiger partial charge on any atom is 0.0830 e. The van der Waals surface area contributed by atoms with Crippen molar-refractivity contribution in [3.05, 3.63) is 11.9 Å². The zero-order valence-corrected chi connectivity index (χ0v) is 8.90. The van der Waals surface area contributed by atoms with E-state index in [2.05, 4.69) is 22.6 Å². The van der Waals surface area contributed by atoms with Gasteiger partial charge in [0.25, 0.3) is 0 Å². The van der Waals surface area contributed by atoms with Crippen LogP contribution in [0.1, 0.15) is 19.0 Å². The minimum absolute atomic E-state index is 0.732. The van der Waals surface area contributed by atoms with Crippen molar-refractivity contribution in [2.75, 3.05) is 13.1 Å². The first-order chi connectivity index (χ1) is 6.74. The highest BCUT2D eigenvalue weighted by atomic mass is 15.4. The quantitative estimate of drug-likeness (QED) is 0.750. The molecular formula is C10H18N4. The normalized spacial score (nSPS) is 27.9. The molecule has 0 spiro atoms. The summed E-state index contributed by atoms with van der Waals surface area (Å²) in [5, 5.41) is 11.5. The Kier molecular flexibility index (Phi) is 2.82. The van der Waals surface area contributed by atoms with E-state index in [4.69, 9.17) is 0 Å². The number of aromatic nitrogens is 3. The predicted octanol–water partition coefficient (Wildman–Crippen LogP) is 0.603. The van der Waals surface area contributed by atoms with Gasteiger partial charge in [0.15, 0.2) is 0 Å². The zero-order chi connectivity index (χ0) is 9.97. The third-order valence-electron chi connectivity index (χ3n) is 2.81. The molecule has 78 valence electrons. The van der Waals surface area contributed by atoms with E-state index in [1.54, 1.807) is 4.68 Å². The minimum atomic E-state index is 0.732. The van der Waals surface area contributed by atoms with Gasteiger partial charge < -0.3 is 5.32 Å². The summed E-state index contributed by atoms with van der Waals surface area (Å²) in [6.45, 7) is 4.59. The van der Waals surface area contributed by atoms with E-state index in [1.807, 2.05) is 13.2 Å². The Morgan fingerprint density at radius 3 is 3.07 bits per heavy atom. The van der Waals surface area contributed by atoms with E-state index in [0.29, 0.717) is 0 Å². The second-order valence-corrected chi connectivity index (χ2v) is 4.45. The Labute approximate surface area is 84.7 Å². The van der Waals surface area contributed by atoms with Crippen molar-refractivity contribution in [3.63, 3.8) is 0 Å². The molecule has 0 radical (unpaired) electrons. The Bertz CT molecular complexity index is 294. The van der Waals surface area contributed by atoms with Gasteiger partial charge in [-0.05, 0) is 37.8 Å². The molecule has 1 N–H and O–H groups in total. The van der Waals surface area contributed by atoms with Gasteiger partial charge in [-0.1, -0.05) is 12.1 Å². The van der Waals surface area contributed by atoms with Crippen molar-refractivity contribution < 1.29 is 0 Å². The summed E-state index contributed by atoms with van der Waals surface area (Å²) in [5.74, 6) is 1.53. The summed E-state index contributed by atoms with van der Waals surface area (Å²) in [6.07, 6.45) is 4.38. The van der Waals surface area contributed by atoms with Crippen LogP contribution in [0.15, 0.2) is 6.20 Å². The standard InChI is InChI=1S/C10H18N4/c1-8-3-9(6-11-5-8)4-10-7-14(2)13-12-10/h7-9,11H,3-6H2,1-2H3. The first-order valence-corrected chi connectivity index (χ1v) is 5.30. The number of nitrogens with one attached hydrogen (secondary N) is 1. The number of aryl methyl sites for hydroxylation is 1. The highest BCUT2D eigenvalue weighted by Crippen LogP contribution is 2.18. The van der Waals surface area contributed by atoms with Gasteiger partial charge in [-0.25, -0.2) is 0 Å². The van der Waals surface area contributed by atoms with Crippen molar-refractivity contribution >= 4 is 0 Å². The highest BCUT2D eigenvalue weighted by molar-refractivity contribution is 4.95. The summed E-state index contributed by atoms with van der Waals surface area (Å²) < 4.78 is 1.77. The van der Waals surface area contributed by atoms with Crippen molar-refractivity contribution in [1.29, 1.82) is 0 Å².